The van der Waals surface area contributed by atoms with Crippen LogP contribution in [0, 0.1) is 0 Å². The summed E-state index contributed by atoms with van der Waals surface area (Å²) in [5.74, 6) is -1.69. The molecule has 1 rings (SSSR count). The van der Waals surface area contributed by atoms with Crippen LogP contribution < -0.4 is 0 Å². The van der Waals surface area contributed by atoms with Gasteiger partial charge >= 0.3 is 5.97 Å². The van der Waals surface area contributed by atoms with Crippen LogP contribution in [0.25, 0.3) is 0 Å². The summed E-state index contributed by atoms with van der Waals surface area (Å²) in [5.41, 5.74) is -2.12. The van der Waals surface area contributed by atoms with E-state index < -0.39 is 17.7 Å². The third-order valence-electron chi connectivity index (χ3n) is 2.52. The average Bonchev–Trinajstić information content (AvgIpc) is 2.09. The van der Waals surface area contributed by atoms with Gasteiger partial charge in [0.25, 0.3) is 0 Å². The molecule has 2 atom stereocenters. The minimum Gasteiger partial charge on any atom is -0.479 e. The van der Waals surface area contributed by atoms with Gasteiger partial charge in [0.1, 0.15) is 6.10 Å². The first-order valence-electron chi connectivity index (χ1n) is 4.27. The molecule has 0 aliphatic carbocycles. The highest BCUT2D eigenvalue weighted by molar-refractivity contribution is 5.79. The fourth-order valence-electron chi connectivity index (χ4n) is 1.46. The van der Waals surface area contributed by atoms with E-state index in [4.69, 9.17) is 5.11 Å². The van der Waals surface area contributed by atoms with Crippen molar-refractivity contribution in [2.24, 2.45) is 0 Å². The van der Waals surface area contributed by atoms with E-state index in [-0.39, 0.29) is 25.4 Å². The summed E-state index contributed by atoms with van der Waals surface area (Å²) in [6, 6.07) is 0. The van der Waals surface area contributed by atoms with Crippen molar-refractivity contribution < 1.29 is 24.9 Å². The number of carbonyl (C=O) groups is 2. The fourth-order valence-corrected chi connectivity index (χ4v) is 1.46. The summed E-state index contributed by atoms with van der Waals surface area (Å²) < 4.78 is 0. The van der Waals surface area contributed by atoms with E-state index in [2.05, 4.69) is 0 Å². The average molecular weight is 203 g/mol. The standard InChI is InChI=1S/C8H13NO5/c1-5(10)9-3-2-8(14,7(12)13)6(11)4-9/h6,11,14H,2-4H2,1H3,(H,12,13)/t6-,8+/m0/s1. The van der Waals surface area contributed by atoms with Crippen molar-refractivity contribution in [3.63, 3.8) is 0 Å². The van der Waals surface area contributed by atoms with Gasteiger partial charge in [-0.2, -0.15) is 0 Å². The van der Waals surface area contributed by atoms with Gasteiger partial charge in [0.2, 0.25) is 5.91 Å². The maximum atomic E-state index is 10.9. The first kappa shape index (κ1) is 10.9. The second-order valence-electron chi connectivity index (χ2n) is 3.46. The lowest BCUT2D eigenvalue weighted by Crippen LogP contribution is -2.60. The SMILES string of the molecule is CC(=O)N1CC[C@](O)(C(=O)O)[C@@H](O)C1. The Labute approximate surface area is 80.8 Å². The minimum atomic E-state index is -2.12. The van der Waals surface area contributed by atoms with Crippen LogP contribution in [-0.2, 0) is 9.59 Å². The van der Waals surface area contributed by atoms with Gasteiger partial charge in [-0.05, 0) is 0 Å². The number of carbonyl (C=O) groups excluding carboxylic acids is 1. The van der Waals surface area contributed by atoms with Gasteiger partial charge in [0, 0.05) is 26.4 Å². The molecule has 14 heavy (non-hydrogen) atoms. The number of β-amino-alcohol motifs (C(OH)–C–C–N with tert-alkyl or cyclic N) is 1. The first-order valence-corrected chi connectivity index (χ1v) is 4.27. The molecular formula is C8H13NO5. The van der Waals surface area contributed by atoms with Gasteiger partial charge in [-0.25, -0.2) is 4.79 Å². The molecule has 0 saturated carbocycles. The van der Waals surface area contributed by atoms with Gasteiger partial charge in [-0.1, -0.05) is 0 Å². The zero-order chi connectivity index (χ0) is 10.9. The Morgan fingerprint density at radius 2 is 2.07 bits per heavy atom. The molecule has 1 saturated heterocycles. The van der Waals surface area contributed by atoms with E-state index in [1.807, 2.05) is 0 Å². The molecule has 80 valence electrons. The number of nitrogens with zero attached hydrogens (tertiary/aromatic N) is 1. The van der Waals surface area contributed by atoms with Crippen LogP contribution in [0.3, 0.4) is 0 Å². The van der Waals surface area contributed by atoms with Crippen LogP contribution >= 0.6 is 0 Å². The zero-order valence-electron chi connectivity index (χ0n) is 7.80. The molecule has 0 spiro atoms. The number of aliphatic hydroxyl groups is 2. The van der Waals surface area contributed by atoms with Gasteiger partial charge in [0.05, 0.1) is 0 Å². The number of carboxylic acids is 1. The third kappa shape index (κ3) is 1.71. The van der Waals surface area contributed by atoms with Crippen LogP contribution in [0.4, 0.5) is 0 Å². The molecule has 6 heteroatoms. The van der Waals surface area contributed by atoms with Crippen LogP contribution in [0.2, 0.25) is 0 Å². The smallest absolute Gasteiger partial charge is 0.338 e. The Morgan fingerprint density at radius 1 is 1.50 bits per heavy atom. The van der Waals surface area contributed by atoms with Crippen molar-refractivity contribution in [1.82, 2.24) is 4.90 Å². The molecule has 6 nitrogen and oxygen atoms in total. The summed E-state index contributed by atoms with van der Waals surface area (Å²) >= 11 is 0. The number of hydrogen-bond acceptors (Lipinski definition) is 4. The fraction of sp³-hybridized carbons (Fsp3) is 0.750. The maximum Gasteiger partial charge on any atom is 0.338 e. The van der Waals surface area contributed by atoms with Crippen molar-refractivity contribution in [1.29, 1.82) is 0 Å². The van der Waals surface area contributed by atoms with E-state index in [0.717, 1.165) is 0 Å². The van der Waals surface area contributed by atoms with Crippen molar-refractivity contribution in [2.75, 3.05) is 13.1 Å². The molecule has 1 heterocycles. The molecule has 1 aliphatic heterocycles. The highest BCUT2D eigenvalue weighted by Gasteiger charge is 2.47. The number of piperidine rings is 1. The molecule has 1 fully saturated rings. The summed E-state index contributed by atoms with van der Waals surface area (Å²) in [6.45, 7) is 1.34. The van der Waals surface area contributed by atoms with Crippen molar-refractivity contribution in [3.05, 3.63) is 0 Å². The normalized spacial score (nSPS) is 32.8. The van der Waals surface area contributed by atoms with E-state index in [1.165, 1.54) is 11.8 Å². The zero-order valence-corrected chi connectivity index (χ0v) is 7.80. The summed E-state index contributed by atoms with van der Waals surface area (Å²) in [6.07, 6.45) is -1.58. The van der Waals surface area contributed by atoms with E-state index >= 15 is 0 Å². The summed E-state index contributed by atoms with van der Waals surface area (Å²) in [5, 5.41) is 27.6. The molecule has 0 aromatic heterocycles. The largest absolute Gasteiger partial charge is 0.479 e. The van der Waals surface area contributed by atoms with Gasteiger partial charge in [-0.3, -0.25) is 4.79 Å². The minimum absolute atomic E-state index is 0.141. The quantitative estimate of drug-likeness (QED) is 0.477. The van der Waals surface area contributed by atoms with Crippen LogP contribution in [-0.4, -0.2) is 56.9 Å². The van der Waals surface area contributed by atoms with Crippen molar-refractivity contribution in [3.8, 4) is 0 Å². The molecule has 0 aromatic rings. The van der Waals surface area contributed by atoms with Crippen molar-refractivity contribution in [2.45, 2.75) is 25.0 Å². The number of carboxylic acid groups (broad SMARTS) is 1. The number of amides is 1. The number of rotatable bonds is 1. The lowest BCUT2D eigenvalue weighted by molar-refractivity contribution is -0.183. The summed E-state index contributed by atoms with van der Waals surface area (Å²) in [4.78, 5) is 22.9. The molecule has 1 amide bonds. The lowest BCUT2D eigenvalue weighted by atomic mass is 9.89. The molecule has 3 N–H and O–H groups in total. The van der Waals surface area contributed by atoms with Gasteiger partial charge in [-0.15, -0.1) is 0 Å². The third-order valence-corrected chi connectivity index (χ3v) is 2.52. The first-order chi connectivity index (χ1) is 6.38. The molecule has 0 aromatic carbocycles. The molecule has 0 bridgehead atoms. The Morgan fingerprint density at radius 3 is 2.43 bits per heavy atom. The predicted octanol–water partition coefficient (Wildman–Crippen LogP) is -1.58. The van der Waals surface area contributed by atoms with E-state index in [0.29, 0.717) is 0 Å². The van der Waals surface area contributed by atoms with E-state index in [1.54, 1.807) is 0 Å². The van der Waals surface area contributed by atoms with Gasteiger partial charge < -0.3 is 20.2 Å². The predicted molar refractivity (Wildman–Crippen MR) is 45.5 cm³/mol. The Bertz CT molecular complexity index is 266. The maximum absolute atomic E-state index is 10.9. The second-order valence-corrected chi connectivity index (χ2v) is 3.46. The van der Waals surface area contributed by atoms with Crippen LogP contribution in [0.15, 0.2) is 0 Å². The van der Waals surface area contributed by atoms with Crippen molar-refractivity contribution >= 4 is 11.9 Å². The topological polar surface area (TPSA) is 98.1 Å². The number of likely N-dealkylation sites (tertiary alicyclic amines) is 1. The number of aliphatic carboxylic acids is 1. The Hall–Kier alpha value is -1.14. The highest BCUT2D eigenvalue weighted by atomic mass is 16.4. The lowest BCUT2D eigenvalue weighted by Gasteiger charge is -2.38. The van der Waals surface area contributed by atoms with Crippen LogP contribution in [0.5, 0.6) is 0 Å². The Balaban J connectivity index is 2.74. The second kappa shape index (κ2) is 3.55. The number of hydrogen-bond donors (Lipinski definition) is 3. The van der Waals surface area contributed by atoms with Crippen LogP contribution in [0.1, 0.15) is 13.3 Å². The molecular weight excluding hydrogens is 190 g/mol. The highest BCUT2D eigenvalue weighted by Crippen LogP contribution is 2.22. The Kier molecular flexibility index (Phi) is 2.77. The summed E-state index contributed by atoms with van der Waals surface area (Å²) in [7, 11) is 0. The molecule has 0 radical (unpaired) electrons. The van der Waals surface area contributed by atoms with E-state index in [9.17, 15) is 19.8 Å². The molecule has 0 unspecified atom stereocenters. The number of aliphatic hydroxyl groups excluding tert-OH is 1. The van der Waals surface area contributed by atoms with Gasteiger partial charge in [0.15, 0.2) is 5.60 Å². The monoisotopic (exact) mass is 203 g/mol. The molecule has 1 aliphatic rings.